The van der Waals surface area contributed by atoms with Gasteiger partial charge in [0, 0.05) is 31.8 Å². The third-order valence-corrected chi connectivity index (χ3v) is 6.56. The van der Waals surface area contributed by atoms with Gasteiger partial charge in [-0.25, -0.2) is 4.79 Å². The molecule has 1 spiro atoms. The summed E-state index contributed by atoms with van der Waals surface area (Å²) in [6, 6.07) is 0.263. The van der Waals surface area contributed by atoms with E-state index >= 15 is 0 Å². The van der Waals surface area contributed by atoms with Gasteiger partial charge in [0.25, 0.3) is 5.91 Å². The van der Waals surface area contributed by atoms with Crippen molar-refractivity contribution in [3.05, 3.63) is 0 Å². The van der Waals surface area contributed by atoms with Crippen LogP contribution in [0.4, 0.5) is 4.79 Å². The van der Waals surface area contributed by atoms with Crippen LogP contribution in [0.2, 0.25) is 0 Å². The first kappa shape index (κ1) is 19.6. The highest BCUT2D eigenvalue weighted by molar-refractivity contribution is 6.07. The molecule has 3 fully saturated rings. The van der Waals surface area contributed by atoms with Crippen LogP contribution in [-0.2, 0) is 9.53 Å². The predicted molar refractivity (Wildman–Crippen MR) is 101 cm³/mol. The fraction of sp³-hybridized carbons (Fsp3) is 0.900. The molecule has 0 aromatic rings. The van der Waals surface area contributed by atoms with E-state index in [1.807, 2.05) is 18.7 Å². The number of urea groups is 1. The number of amides is 3. The summed E-state index contributed by atoms with van der Waals surface area (Å²) in [5, 5.41) is 3.56. The molecular formula is C20H35N3O3. The molecular weight excluding hydrogens is 330 g/mol. The fourth-order valence-corrected chi connectivity index (χ4v) is 5.31. The minimum Gasteiger partial charge on any atom is -0.381 e. The molecule has 26 heavy (non-hydrogen) atoms. The maximum atomic E-state index is 13.5. The second-order valence-corrected chi connectivity index (χ2v) is 8.49. The number of nitrogens with one attached hydrogen (secondary N) is 1. The SMILES string of the molecule is CCNC1CC2(CC1CC)C(=O)N(CC1CCOCC1)C(=O)N2C(C)C. The van der Waals surface area contributed by atoms with Gasteiger partial charge < -0.3 is 15.0 Å². The molecule has 1 aliphatic carbocycles. The Morgan fingerprint density at radius 1 is 1.19 bits per heavy atom. The molecule has 0 bridgehead atoms. The van der Waals surface area contributed by atoms with Crippen molar-refractivity contribution in [2.24, 2.45) is 11.8 Å². The van der Waals surface area contributed by atoms with E-state index in [1.165, 1.54) is 0 Å². The molecule has 3 amide bonds. The maximum absolute atomic E-state index is 13.5. The zero-order valence-electron chi connectivity index (χ0n) is 16.8. The van der Waals surface area contributed by atoms with Gasteiger partial charge in [0.1, 0.15) is 5.54 Å². The molecule has 3 aliphatic rings. The van der Waals surface area contributed by atoms with Crippen LogP contribution in [0.25, 0.3) is 0 Å². The van der Waals surface area contributed by atoms with E-state index in [-0.39, 0.29) is 18.0 Å². The van der Waals surface area contributed by atoms with E-state index in [1.54, 1.807) is 4.90 Å². The number of hydrogen-bond acceptors (Lipinski definition) is 4. The average molecular weight is 366 g/mol. The molecule has 3 rings (SSSR count). The largest absolute Gasteiger partial charge is 0.381 e. The van der Waals surface area contributed by atoms with Crippen LogP contribution < -0.4 is 5.32 Å². The number of ether oxygens (including phenoxy) is 1. The Morgan fingerprint density at radius 2 is 1.88 bits per heavy atom. The number of carbonyl (C=O) groups excluding carboxylic acids is 2. The maximum Gasteiger partial charge on any atom is 0.327 e. The summed E-state index contributed by atoms with van der Waals surface area (Å²) in [4.78, 5) is 30.2. The molecule has 2 aliphatic heterocycles. The van der Waals surface area contributed by atoms with Gasteiger partial charge in [-0.05, 0) is 57.9 Å². The van der Waals surface area contributed by atoms with Crippen LogP contribution in [0.15, 0.2) is 0 Å². The first-order chi connectivity index (χ1) is 12.4. The van der Waals surface area contributed by atoms with Gasteiger partial charge in [-0.15, -0.1) is 0 Å². The van der Waals surface area contributed by atoms with Crippen LogP contribution in [0.3, 0.4) is 0 Å². The van der Waals surface area contributed by atoms with Gasteiger partial charge in [-0.2, -0.15) is 0 Å². The van der Waals surface area contributed by atoms with Crippen LogP contribution in [0, 0.1) is 11.8 Å². The number of rotatable bonds is 6. The number of carbonyl (C=O) groups is 2. The molecule has 0 aromatic carbocycles. The van der Waals surface area contributed by atoms with E-state index < -0.39 is 5.54 Å². The fourth-order valence-electron chi connectivity index (χ4n) is 5.31. The number of hydrogen-bond donors (Lipinski definition) is 1. The Morgan fingerprint density at radius 3 is 2.46 bits per heavy atom. The second kappa shape index (κ2) is 7.85. The quantitative estimate of drug-likeness (QED) is 0.735. The summed E-state index contributed by atoms with van der Waals surface area (Å²) in [5.74, 6) is 0.853. The van der Waals surface area contributed by atoms with Crippen LogP contribution in [0.5, 0.6) is 0 Å². The molecule has 6 nitrogen and oxygen atoms in total. The summed E-state index contributed by atoms with van der Waals surface area (Å²) >= 11 is 0. The number of nitrogens with zero attached hydrogens (tertiary/aromatic N) is 2. The highest BCUT2D eigenvalue weighted by atomic mass is 16.5. The zero-order valence-corrected chi connectivity index (χ0v) is 16.8. The van der Waals surface area contributed by atoms with Crippen LogP contribution in [-0.4, -0.2) is 65.7 Å². The lowest BCUT2D eigenvalue weighted by atomic mass is 9.91. The summed E-state index contributed by atoms with van der Waals surface area (Å²) in [6.45, 7) is 11.3. The minimum atomic E-state index is -0.649. The monoisotopic (exact) mass is 365 g/mol. The first-order valence-electron chi connectivity index (χ1n) is 10.4. The highest BCUT2D eigenvalue weighted by Gasteiger charge is 2.62. The first-order valence-corrected chi connectivity index (χ1v) is 10.4. The van der Waals surface area contributed by atoms with E-state index in [4.69, 9.17) is 4.74 Å². The normalized spacial score (nSPS) is 33.3. The van der Waals surface area contributed by atoms with Crippen molar-refractivity contribution in [2.45, 2.75) is 77.4 Å². The Bertz CT molecular complexity index is 532. The van der Waals surface area contributed by atoms with Crippen molar-refractivity contribution >= 4 is 11.9 Å². The van der Waals surface area contributed by atoms with Crippen molar-refractivity contribution < 1.29 is 14.3 Å². The van der Waals surface area contributed by atoms with Crippen molar-refractivity contribution in [3.8, 4) is 0 Å². The molecule has 3 atom stereocenters. The molecule has 0 aromatic heterocycles. The van der Waals surface area contributed by atoms with Crippen LogP contribution in [0.1, 0.15) is 59.8 Å². The molecule has 148 valence electrons. The van der Waals surface area contributed by atoms with Gasteiger partial charge in [0.05, 0.1) is 0 Å². The van der Waals surface area contributed by atoms with Gasteiger partial charge >= 0.3 is 6.03 Å². The lowest BCUT2D eigenvalue weighted by Crippen LogP contribution is -2.51. The Hall–Kier alpha value is -1.14. The van der Waals surface area contributed by atoms with Gasteiger partial charge in [0.15, 0.2) is 0 Å². The highest BCUT2D eigenvalue weighted by Crippen LogP contribution is 2.47. The summed E-state index contributed by atoms with van der Waals surface area (Å²) in [6.07, 6.45) is 4.43. The molecule has 0 radical (unpaired) electrons. The van der Waals surface area contributed by atoms with E-state index in [0.717, 1.165) is 51.9 Å². The average Bonchev–Trinajstić information content (AvgIpc) is 3.07. The zero-order chi connectivity index (χ0) is 18.9. The summed E-state index contributed by atoms with van der Waals surface area (Å²) in [7, 11) is 0. The minimum absolute atomic E-state index is 0.0315. The van der Waals surface area contributed by atoms with Crippen molar-refractivity contribution in [2.75, 3.05) is 26.3 Å². The number of imide groups is 1. The molecule has 1 saturated carbocycles. The van der Waals surface area contributed by atoms with E-state index in [9.17, 15) is 9.59 Å². The molecule has 6 heteroatoms. The topological polar surface area (TPSA) is 61.9 Å². The molecule has 2 heterocycles. The molecule has 3 unspecified atom stereocenters. The smallest absolute Gasteiger partial charge is 0.327 e. The van der Waals surface area contributed by atoms with Gasteiger partial charge in [0.2, 0.25) is 0 Å². The van der Waals surface area contributed by atoms with Crippen molar-refractivity contribution in [1.82, 2.24) is 15.1 Å². The van der Waals surface area contributed by atoms with Gasteiger partial charge in [-0.1, -0.05) is 20.3 Å². The second-order valence-electron chi connectivity index (χ2n) is 8.49. The Kier molecular flexibility index (Phi) is 5.92. The third kappa shape index (κ3) is 3.26. The summed E-state index contributed by atoms with van der Waals surface area (Å²) in [5.41, 5.74) is -0.649. The molecule has 1 N–H and O–H groups in total. The van der Waals surface area contributed by atoms with Crippen molar-refractivity contribution in [1.29, 1.82) is 0 Å². The van der Waals surface area contributed by atoms with Gasteiger partial charge in [-0.3, -0.25) is 9.69 Å². The Labute approximate surface area is 157 Å². The lowest BCUT2D eigenvalue weighted by molar-refractivity contribution is -0.134. The Balaban J connectivity index is 1.86. The van der Waals surface area contributed by atoms with E-state index in [0.29, 0.717) is 24.4 Å². The lowest BCUT2D eigenvalue weighted by Gasteiger charge is -2.35. The third-order valence-electron chi connectivity index (χ3n) is 6.56. The summed E-state index contributed by atoms with van der Waals surface area (Å²) < 4.78 is 5.43. The standard InChI is InChI=1S/C20H35N3O3/c1-5-16-11-20(12-17(16)21-6-2)18(24)22(19(25)23(20)14(3)4)13-15-7-9-26-10-8-15/h14-17,21H,5-13H2,1-4H3. The van der Waals surface area contributed by atoms with E-state index in [2.05, 4.69) is 19.2 Å². The predicted octanol–water partition coefficient (Wildman–Crippen LogP) is 2.62. The van der Waals surface area contributed by atoms with Crippen LogP contribution >= 0.6 is 0 Å². The van der Waals surface area contributed by atoms with Crippen molar-refractivity contribution in [3.63, 3.8) is 0 Å². The molecule has 2 saturated heterocycles.